The number of aryl methyl sites for hydroxylation is 1. The Bertz CT molecular complexity index is 2090. The van der Waals surface area contributed by atoms with Crippen molar-refractivity contribution in [2.45, 2.75) is 123 Å². The summed E-state index contributed by atoms with van der Waals surface area (Å²) >= 11 is 0. The smallest absolute Gasteiger partial charge is 0.410 e. The molecule has 2 fully saturated rings. The molecule has 0 radical (unpaired) electrons. The first-order chi connectivity index (χ1) is 28.2. The number of amides is 5. The molecule has 4 bridgehead atoms. The standard InChI is InChI=1S/C44H60N6O9S/c1-8-32-20-22-44(32,39(53)47-60(56,57)48(7)24-29-15-10-9-11-16-29)46-37(51)35-23-33-26-50(35)38(52)36(42(2,3)4)45-40(54)58-28-43(5,6)21-13-12-17-30-18-14-19-31-25-49(27-34(30)31)41(55)59-33/h8-11,14-16,18-19,32-33,35-36H,1,12-13,17,20-28H2,2-7H3,(H,45,54)(H,46,51)(H,47,53)/t32-,33-,35+,36-,44-/m1/s1. The number of nitrogens with one attached hydrogen (secondary N) is 3. The summed E-state index contributed by atoms with van der Waals surface area (Å²) in [6.45, 7) is 13.9. The van der Waals surface area contributed by atoms with Crippen LogP contribution in [0.1, 0.15) is 95.4 Å². The highest BCUT2D eigenvalue weighted by atomic mass is 32.2. The largest absolute Gasteiger partial charge is 0.449 e. The van der Waals surface area contributed by atoms with E-state index in [1.54, 1.807) is 49.9 Å². The molecule has 0 unspecified atom stereocenters. The van der Waals surface area contributed by atoms with Crippen molar-refractivity contribution in [3.8, 4) is 0 Å². The molecule has 5 amide bonds. The third-order valence-corrected chi connectivity index (χ3v) is 13.8. The fourth-order valence-electron chi connectivity index (χ4n) is 8.60. The number of nitrogens with zero attached hydrogens (tertiary/aromatic N) is 3. The van der Waals surface area contributed by atoms with E-state index in [1.807, 2.05) is 32.0 Å². The number of hydrogen-bond acceptors (Lipinski definition) is 9. The van der Waals surface area contributed by atoms with Crippen molar-refractivity contribution in [3.63, 3.8) is 0 Å². The van der Waals surface area contributed by atoms with Crippen LogP contribution in [-0.4, -0.2) is 96.4 Å². The predicted molar refractivity (Wildman–Crippen MR) is 224 cm³/mol. The molecule has 3 N–H and O–H groups in total. The molecular weight excluding hydrogens is 789 g/mol. The molecule has 3 heterocycles. The van der Waals surface area contributed by atoms with Crippen LogP contribution in [0, 0.1) is 16.7 Å². The number of hydrogen-bond donors (Lipinski definition) is 3. The van der Waals surface area contributed by atoms with E-state index in [-0.39, 0.29) is 38.0 Å². The third kappa shape index (κ3) is 9.80. The van der Waals surface area contributed by atoms with E-state index in [0.29, 0.717) is 25.1 Å². The second-order valence-corrected chi connectivity index (χ2v) is 20.3. The number of fused-ring (bicyclic) bond motifs is 3. The Hall–Kier alpha value is -4.96. The Morgan fingerprint density at radius 1 is 1.02 bits per heavy atom. The van der Waals surface area contributed by atoms with Gasteiger partial charge in [-0.3, -0.25) is 19.3 Å². The first kappa shape index (κ1) is 44.6. The number of carbonyl (C=O) groups is 5. The highest BCUT2D eigenvalue weighted by Crippen LogP contribution is 2.41. The maximum atomic E-state index is 14.7. The van der Waals surface area contributed by atoms with Gasteiger partial charge < -0.3 is 25.0 Å². The van der Waals surface area contributed by atoms with Crippen molar-refractivity contribution in [1.29, 1.82) is 0 Å². The van der Waals surface area contributed by atoms with Crippen LogP contribution >= 0.6 is 0 Å². The van der Waals surface area contributed by atoms with Crippen LogP contribution < -0.4 is 15.4 Å². The predicted octanol–water partition coefficient (Wildman–Crippen LogP) is 4.95. The van der Waals surface area contributed by atoms with E-state index in [0.717, 1.165) is 46.7 Å². The van der Waals surface area contributed by atoms with E-state index in [1.165, 1.54) is 18.0 Å². The van der Waals surface area contributed by atoms with Gasteiger partial charge in [0.1, 0.15) is 23.7 Å². The van der Waals surface area contributed by atoms with Gasteiger partial charge in [0.05, 0.1) is 13.2 Å². The minimum Gasteiger partial charge on any atom is -0.449 e. The second kappa shape index (κ2) is 17.6. The van der Waals surface area contributed by atoms with Gasteiger partial charge in [-0.05, 0) is 65.2 Å². The maximum Gasteiger partial charge on any atom is 0.410 e. The summed E-state index contributed by atoms with van der Waals surface area (Å²) in [7, 11) is -3.02. The zero-order valence-electron chi connectivity index (χ0n) is 35.6. The SMILES string of the molecule is C=C[C@@H]1CC[C@]1(NC(=O)[C@@H]1C[C@@H]2CN1C(=O)[C@H](C(C)(C)C)NC(=O)OCC(C)(C)CCCCc1cccc3c1CN(C3)C(=O)O2)C(=O)NS(=O)(=O)N(C)Cc1ccccc1. The molecule has 326 valence electrons. The highest BCUT2D eigenvalue weighted by Gasteiger charge is 2.56. The first-order valence-corrected chi connectivity index (χ1v) is 22.2. The number of benzene rings is 2. The fraction of sp³-hybridized carbons (Fsp3) is 0.568. The van der Waals surface area contributed by atoms with E-state index in [2.05, 4.69) is 28.0 Å². The molecule has 1 aliphatic carbocycles. The second-order valence-electron chi connectivity index (χ2n) is 18.6. The molecule has 0 spiro atoms. The molecule has 4 aliphatic rings. The average Bonchev–Trinajstić information content (AvgIpc) is 3.81. The summed E-state index contributed by atoms with van der Waals surface area (Å²) in [6.07, 6.45) is 3.07. The summed E-state index contributed by atoms with van der Waals surface area (Å²) in [5.74, 6) is -2.92. The van der Waals surface area contributed by atoms with Crippen LogP contribution in [0.15, 0.2) is 61.2 Å². The molecule has 15 nitrogen and oxygen atoms in total. The van der Waals surface area contributed by atoms with Crippen molar-refractivity contribution in [2.24, 2.45) is 16.7 Å². The summed E-state index contributed by atoms with van der Waals surface area (Å²) in [5.41, 5.74) is 1.09. The fourth-order valence-corrected chi connectivity index (χ4v) is 9.49. The molecule has 2 aromatic carbocycles. The molecule has 0 aromatic heterocycles. The van der Waals surface area contributed by atoms with E-state index < -0.39 is 75.2 Å². The van der Waals surface area contributed by atoms with Gasteiger partial charge in [0, 0.05) is 39.0 Å². The Morgan fingerprint density at radius 2 is 1.73 bits per heavy atom. The van der Waals surface area contributed by atoms with Gasteiger partial charge in [0.2, 0.25) is 11.8 Å². The molecule has 16 heteroatoms. The van der Waals surface area contributed by atoms with Crippen LogP contribution in [0.25, 0.3) is 0 Å². The summed E-state index contributed by atoms with van der Waals surface area (Å²) < 4.78 is 41.8. The number of cyclic esters (lactones) is 1. The van der Waals surface area contributed by atoms with Crippen molar-refractivity contribution >= 4 is 40.1 Å². The summed E-state index contributed by atoms with van der Waals surface area (Å²) in [5, 5.41) is 5.58. The van der Waals surface area contributed by atoms with Crippen molar-refractivity contribution < 1.29 is 41.9 Å². The molecular formula is C44H60N6O9S. The number of carbonyl (C=O) groups excluding carboxylic acids is 5. The molecule has 5 atom stereocenters. The molecule has 2 aromatic rings. The minimum absolute atomic E-state index is 0.00802. The lowest BCUT2D eigenvalue weighted by atomic mass is 9.66. The van der Waals surface area contributed by atoms with E-state index in [4.69, 9.17) is 9.47 Å². The molecule has 3 aliphatic heterocycles. The van der Waals surface area contributed by atoms with Crippen LogP contribution in [-0.2, 0) is 60.1 Å². The lowest BCUT2D eigenvalue weighted by Gasteiger charge is -2.47. The normalized spacial score (nSPS) is 26.3. The van der Waals surface area contributed by atoms with Crippen molar-refractivity contribution in [1.82, 2.24) is 29.5 Å². The maximum absolute atomic E-state index is 14.7. The van der Waals surface area contributed by atoms with Crippen LogP contribution in [0.3, 0.4) is 0 Å². The van der Waals surface area contributed by atoms with Gasteiger partial charge in [-0.2, -0.15) is 12.7 Å². The Labute approximate surface area is 353 Å². The van der Waals surface area contributed by atoms with Gasteiger partial charge in [-0.25, -0.2) is 14.3 Å². The third-order valence-electron chi connectivity index (χ3n) is 12.4. The first-order valence-electron chi connectivity index (χ1n) is 20.8. The van der Waals surface area contributed by atoms with Crippen LogP contribution in [0.2, 0.25) is 0 Å². The van der Waals surface area contributed by atoms with Crippen molar-refractivity contribution in [3.05, 3.63) is 83.4 Å². The minimum atomic E-state index is -4.36. The quantitative estimate of drug-likeness (QED) is 0.310. The molecule has 1 saturated carbocycles. The molecule has 1 saturated heterocycles. The lowest BCUT2D eigenvalue weighted by Crippen LogP contribution is -2.70. The van der Waals surface area contributed by atoms with Gasteiger partial charge in [0.15, 0.2) is 0 Å². The Balaban J connectivity index is 1.28. The Morgan fingerprint density at radius 3 is 2.40 bits per heavy atom. The van der Waals surface area contributed by atoms with Gasteiger partial charge in [0.25, 0.3) is 5.91 Å². The van der Waals surface area contributed by atoms with Crippen LogP contribution in [0.5, 0.6) is 0 Å². The number of ether oxygens (including phenoxy) is 2. The van der Waals surface area contributed by atoms with Gasteiger partial charge in [-0.1, -0.05) is 95.6 Å². The number of alkyl carbamates (subject to hydrolysis) is 1. The average molecular weight is 849 g/mol. The summed E-state index contributed by atoms with van der Waals surface area (Å²) in [4.78, 5) is 73.4. The van der Waals surface area contributed by atoms with Crippen molar-refractivity contribution in [2.75, 3.05) is 20.2 Å². The lowest BCUT2D eigenvalue weighted by molar-refractivity contribution is -0.145. The zero-order valence-corrected chi connectivity index (χ0v) is 36.4. The van der Waals surface area contributed by atoms with Gasteiger partial charge >= 0.3 is 22.4 Å². The monoisotopic (exact) mass is 848 g/mol. The van der Waals surface area contributed by atoms with E-state index >= 15 is 0 Å². The summed E-state index contributed by atoms with van der Waals surface area (Å²) in [6, 6.07) is 12.5. The molecule has 60 heavy (non-hydrogen) atoms. The van der Waals surface area contributed by atoms with E-state index in [9.17, 15) is 32.4 Å². The highest BCUT2D eigenvalue weighted by molar-refractivity contribution is 7.87. The Kier molecular flexibility index (Phi) is 13.1. The topological polar surface area (TPSA) is 184 Å². The molecule has 6 rings (SSSR count). The number of rotatable bonds is 8. The zero-order chi connectivity index (χ0) is 43.6. The van der Waals surface area contributed by atoms with Gasteiger partial charge in [-0.15, -0.1) is 6.58 Å². The van der Waals surface area contributed by atoms with Crippen LogP contribution in [0.4, 0.5) is 9.59 Å².